The fourth-order valence-electron chi connectivity index (χ4n) is 4.27. The standard InChI is InChI=1S/C22H22N4/c1-15-5-4-6-16(13-15)22-21-19(18-7-2-3-8-20(18)24-21)10-12-26(22)14-17-9-11-23-25-17/h2-9,11,13,22,24H,10,12,14H2,1H3,(H,23,25). The number of benzene rings is 2. The van der Waals surface area contributed by atoms with Crippen LogP contribution in [0.5, 0.6) is 0 Å². The third-order valence-corrected chi connectivity index (χ3v) is 5.42. The minimum absolute atomic E-state index is 0.231. The molecule has 0 fully saturated rings. The molecule has 0 spiro atoms. The molecule has 5 rings (SSSR count). The van der Waals surface area contributed by atoms with Gasteiger partial charge in [0, 0.05) is 41.6 Å². The van der Waals surface area contributed by atoms with Crippen molar-refractivity contribution in [1.82, 2.24) is 20.1 Å². The Morgan fingerprint density at radius 1 is 1.12 bits per heavy atom. The summed E-state index contributed by atoms with van der Waals surface area (Å²) in [4.78, 5) is 6.27. The molecule has 4 heteroatoms. The topological polar surface area (TPSA) is 47.7 Å². The monoisotopic (exact) mass is 342 g/mol. The van der Waals surface area contributed by atoms with E-state index < -0.39 is 0 Å². The lowest BCUT2D eigenvalue weighted by Gasteiger charge is -2.36. The van der Waals surface area contributed by atoms with Gasteiger partial charge < -0.3 is 4.98 Å². The molecule has 0 radical (unpaired) electrons. The highest BCUT2D eigenvalue weighted by atomic mass is 15.2. The molecule has 0 aliphatic carbocycles. The summed E-state index contributed by atoms with van der Waals surface area (Å²) >= 11 is 0. The summed E-state index contributed by atoms with van der Waals surface area (Å²) in [5.41, 5.74) is 7.83. The molecule has 1 aliphatic heterocycles. The van der Waals surface area contributed by atoms with Crippen LogP contribution in [0.15, 0.2) is 60.8 Å². The predicted octanol–water partition coefficient (Wildman–Crippen LogP) is 4.35. The van der Waals surface area contributed by atoms with E-state index >= 15 is 0 Å². The van der Waals surface area contributed by atoms with E-state index in [1.165, 1.54) is 33.3 Å². The zero-order valence-electron chi connectivity index (χ0n) is 14.9. The van der Waals surface area contributed by atoms with Crippen LogP contribution in [0, 0.1) is 6.92 Å². The molecule has 0 saturated carbocycles. The van der Waals surface area contributed by atoms with Gasteiger partial charge in [0.1, 0.15) is 0 Å². The van der Waals surface area contributed by atoms with Gasteiger partial charge in [-0.2, -0.15) is 5.10 Å². The third kappa shape index (κ3) is 2.54. The van der Waals surface area contributed by atoms with E-state index in [0.717, 1.165) is 25.2 Å². The zero-order valence-corrected chi connectivity index (χ0v) is 14.9. The second-order valence-electron chi connectivity index (χ2n) is 7.18. The van der Waals surface area contributed by atoms with Gasteiger partial charge in [-0.25, -0.2) is 0 Å². The van der Waals surface area contributed by atoms with Crippen molar-refractivity contribution in [2.45, 2.75) is 25.9 Å². The average Bonchev–Trinajstić information content (AvgIpc) is 3.28. The highest BCUT2D eigenvalue weighted by Crippen LogP contribution is 2.39. The van der Waals surface area contributed by atoms with Crippen LogP contribution < -0.4 is 0 Å². The number of rotatable bonds is 3. The highest BCUT2D eigenvalue weighted by molar-refractivity contribution is 5.85. The summed E-state index contributed by atoms with van der Waals surface area (Å²) in [6, 6.07) is 19.8. The van der Waals surface area contributed by atoms with E-state index in [9.17, 15) is 0 Å². The average molecular weight is 342 g/mol. The lowest BCUT2D eigenvalue weighted by molar-refractivity contribution is 0.199. The molecule has 0 amide bonds. The van der Waals surface area contributed by atoms with Crippen LogP contribution in [0.2, 0.25) is 0 Å². The largest absolute Gasteiger partial charge is 0.357 e. The van der Waals surface area contributed by atoms with Crippen molar-refractivity contribution in [2.24, 2.45) is 0 Å². The summed E-state index contributed by atoms with van der Waals surface area (Å²) in [5.74, 6) is 0. The van der Waals surface area contributed by atoms with E-state index in [1.807, 2.05) is 6.20 Å². The Bertz CT molecular complexity index is 1050. The second-order valence-corrected chi connectivity index (χ2v) is 7.18. The van der Waals surface area contributed by atoms with Gasteiger partial charge >= 0.3 is 0 Å². The lowest BCUT2D eigenvalue weighted by atomic mass is 9.91. The third-order valence-electron chi connectivity index (χ3n) is 5.42. The molecule has 2 N–H and O–H groups in total. The first-order valence-electron chi connectivity index (χ1n) is 9.18. The minimum Gasteiger partial charge on any atom is -0.357 e. The summed E-state index contributed by atoms with van der Waals surface area (Å²) < 4.78 is 0. The Morgan fingerprint density at radius 2 is 2.04 bits per heavy atom. The molecule has 2 aromatic carbocycles. The Labute approximate surface area is 152 Å². The molecule has 1 aliphatic rings. The molecule has 1 unspecified atom stereocenters. The van der Waals surface area contributed by atoms with Crippen LogP contribution in [0.4, 0.5) is 0 Å². The molecule has 130 valence electrons. The van der Waals surface area contributed by atoms with Crippen LogP contribution in [-0.2, 0) is 13.0 Å². The molecular weight excluding hydrogens is 320 g/mol. The molecule has 26 heavy (non-hydrogen) atoms. The number of aryl methyl sites for hydroxylation is 1. The fourth-order valence-corrected chi connectivity index (χ4v) is 4.27. The first-order chi connectivity index (χ1) is 12.8. The van der Waals surface area contributed by atoms with Gasteiger partial charge in [-0.3, -0.25) is 10.00 Å². The summed E-state index contributed by atoms with van der Waals surface area (Å²) in [6.07, 6.45) is 2.89. The second kappa shape index (κ2) is 6.15. The van der Waals surface area contributed by atoms with Crippen LogP contribution in [0.1, 0.15) is 34.1 Å². The number of para-hydroxylation sites is 1. The van der Waals surface area contributed by atoms with Gasteiger partial charge in [-0.15, -0.1) is 0 Å². The number of aromatic nitrogens is 3. The molecular formula is C22H22N4. The lowest BCUT2D eigenvalue weighted by Crippen LogP contribution is -2.35. The number of fused-ring (bicyclic) bond motifs is 3. The Balaban J connectivity index is 1.65. The number of nitrogens with zero attached hydrogens (tertiary/aromatic N) is 2. The zero-order chi connectivity index (χ0) is 17.5. The number of hydrogen-bond acceptors (Lipinski definition) is 2. The van der Waals surface area contributed by atoms with Crippen molar-refractivity contribution in [2.75, 3.05) is 6.54 Å². The maximum absolute atomic E-state index is 4.12. The van der Waals surface area contributed by atoms with Crippen molar-refractivity contribution in [3.63, 3.8) is 0 Å². The predicted molar refractivity (Wildman–Crippen MR) is 104 cm³/mol. The highest BCUT2D eigenvalue weighted by Gasteiger charge is 2.31. The van der Waals surface area contributed by atoms with Gasteiger partial charge in [0.05, 0.1) is 6.04 Å². The van der Waals surface area contributed by atoms with Crippen LogP contribution in [-0.4, -0.2) is 26.6 Å². The minimum atomic E-state index is 0.231. The quantitative estimate of drug-likeness (QED) is 0.581. The number of nitrogens with one attached hydrogen (secondary N) is 2. The van der Waals surface area contributed by atoms with Crippen molar-refractivity contribution in [3.8, 4) is 0 Å². The summed E-state index contributed by atoms with van der Waals surface area (Å²) in [7, 11) is 0. The molecule has 0 bridgehead atoms. The molecule has 4 aromatic rings. The van der Waals surface area contributed by atoms with E-state index in [-0.39, 0.29) is 6.04 Å². The van der Waals surface area contributed by atoms with Crippen molar-refractivity contribution >= 4 is 10.9 Å². The number of hydrogen-bond donors (Lipinski definition) is 2. The van der Waals surface area contributed by atoms with Crippen LogP contribution >= 0.6 is 0 Å². The van der Waals surface area contributed by atoms with Crippen LogP contribution in [0.3, 0.4) is 0 Å². The molecule has 2 aromatic heterocycles. The Morgan fingerprint density at radius 3 is 2.88 bits per heavy atom. The van der Waals surface area contributed by atoms with E-state index in [0.29, 0.717) is 0 Å². The maximum Gasteiger partial charge on any atom is 0.0760 e. The van der Waals surface area contributed by atoms with E-state index in [1.54, 1.807) is 0 Å². The van der Waals surface area contributed by atoms with Crippen molar-refractivity contribution in [1.29, 1.82) is 0 Å². The Kier molecular flexibility index (Phi) is 3.64. The first-order valence-corrected chi connectivity index (χ1v) is 9.18. The molecule has 4 nitrogen and oxygen atoms in total. The molecule has 1 atom stereocenters. The normalized spacial score (nSPS) is 17.5. The van der Waals surface area contributed by atoms with E-state index in [4.69, 9.17) is 0 Å². The van der Waals surface area contributed by atoms with Crippen molar-refractivity contribution < 1.29 is 0 Å². The Hall–Kier alpha value is -2.85. The van der Waals surface area contributed by atoms with Gasteiger partial charge in [0.25, 0.3) is 0 Å². The SMILES string of the molecule is Cc1cccc(C2c3[nH]c4ccccc4c3CCN2Cc2ccn[nH]2)c1. The van der Waals surface area contributed by atoms with Gasteiger partial charge in [0.15, 0.2) is 0 Å². The molecule has 0 saturated heterocycles. The van der Waals surface area contributed by atoms with E-state index in [2.05, 4.69) is 81.6 Å². The van der Waals surface area contributed by atoms with Crippen LogP contribution in [0.25, 0.3) is 10.9 Å². The summed E-state index contributed by atoms with van der Waals surface area (Å²) in [5, 5.41) is 8.60. The summed E-state index contributed by atoms with van der Waals surface area (Å²) in [6.45, 7) is 4.07. The van der Waals surface area contributed by atoms with Crippen molar-refractivity contribution in [3.05, 3.63) is 88.9 Å². The fraction of sp³-hybridized carbons (Fsp3) is 0.227. The first kappa shape index (κ1) is 15.4. The van der Waals surface area contributed by atoms with Gasteiger partial charge in [-0.05, 0) is 36.6 Å². The van der Waals surface area contributed by atoms with Gasteiger partial charge in [0.2, 0.25) is 0 Å². The maximum atomic E-state index is 4.12. The van der Waals surface area contributed by atoms with Gasteiger partial charge in [-0.1, -0.05) is 48.0 Å². The number of H-pyrrole nitrogens is 2. The smallest absolute Gasteiger partial charge is 0.0760 e. The molecule has 3 heterocycles. The number of aromatic amines is 2.